The summed E-state index contributed by atoms with van der Waals surface area (Å²) in [5, 5.41) is 12.5. The Balaban J connectivity index is 1.94. The number of pyridine rings is 2. The van der Waals surface area contributed by atoms with Crippen LogP contribution >= 0.6 is 0 Å². The summed E-state index contributed by atoms with van der Waals surface area (Å²) in [7, 11) is 0. The molecule has 2 aromatic heterocycles. The van der Waals surface area contributed by atoms with Crippen LogP contribution in [0.1, 0.15) is 62.5 Å². The van der Waals surface area contributed by atoms with Crippen molar-refractivity contribution in [1.29, 1.82) is 0 Å². The number of nitrogens with zero attached hydrogens (tertiary/aromatic N) is 3. The lowest BCUT2D eigenvalue weighted by molar-refractivity contribution is -0.138. The molecular weight excluding hydrogens is 448 g/mol. The second-order valence-corrected chi connectivity index (χ2v) is 9.74. The molecule has 190 valence electrons. The number of aliphatic carboxylic acids is 1. The highest BCUT2D eigenvalue weighted by Gasteiger charge is 2.28. The first-order valence-electron chi connectivity index (χ1n) is 12.1. The van der Waals surface area contributed by atoms with Gasteiger partial charge < -0.3 is 24.6 Å². The van der Waals surface area contributed by atoms with Gasteiger partial charge >= 0.3 is 5.97 Å². The predicted molar refractivity (Wildman–Crippen MR) is 134 cm³/mol. The summed E-state index contributed by atoms with van der Waals surface area (Å²) in [5.41, 5.74) is 2.89. The van der Waals surface area contributed by atoms with Gasteiger partial charge in [-0.2, -0.15) is 0 Å². The third-order valence-electron chi connectivity index (χ3n) is 6.29. The second-order valence-electron chi connectivity index (χ2n) is 9.74. The first-order chi connectivity index (χ1) is 16.6. The monoisotopic (exact) mass is 484 g/mol. The minimum atomic E-state index is -1.04. The lowest BCUT2D eigenvalue weighted by Gasteiger charge is -2.36. The van der Waals surface area contributed by atoms with Crippen LogP contribution < -0.4 is 15.8 Å². The van der Waals surface area contributed by atoms with Crippen LogP contribution in [0.4, 0.5) is 5.69 Å². The van der Waals surface area contributed by atoms with Crippen molar-refractivity contribution in [1.82, 2.24) is 14.9 Å². The molecule has 0 aliphatic carbocycles. The highest BCUT2D eigenvalue weighted by molar-refractivity contribution is 5.81. The standard InChI is InChI=1S/C26H36N4O5/c1-16(2)10-23(30-7-6-17(3)11-24(30)31)26(34)28-21(13-25(32)33)20-12-22(19(5)27-14-20)29-8-9-35-15-18(29)4/h6-7,11-12,14,16,18,21,23H,8-10,13,15H2,1-5H3,(H,28,34)(H,32,33)/t18-,21-,23+/m0/s1. The molecule has 1 aliphatic rings. The molecule has 3 atom stereocenters. The zero-order chi connectivity index (χ0) is 25.7. The molecular formula is C26H36N4O5. The SMILES string of the molecule is Cc1ccn([C@H](CC(C)C)C(=O)N[C@@H](CC(=O)O)c2cnc(C)c(N3CCOC[C@@H]3C)c2)c(=O)c1. The first-order valence-corrected chi connectivity index (χ1v) is 12.1. The van der Waals surface area contributed by atoms with Gasteiger partial charge in [-0.3, -0.25) is 19.4 Å². The predicted octanol–water partition coefficient (Wildman–Crippen LogP) is 3.00. The van der Waals surface area contributed by atoms with Crippen LogP contribution in [0, 0.1) is 19.8 Å². The van der Waals surface area contributed by atoms with Gasteiger partial charge in [0, 0.05) is 31.0 Å². The van der Waals surface area contributed by atoms with Crippen molar-refractivity contribution >= 4 is 17.6 Å². The van der Waals surface area contributed by atoms with Gasteiger partial charge in [-0.1, -0.05) is 13.8 Å². The number of hydrogen-bond donors (Lipinski definition) is 2. The van der Waals surface area contributed by atoms with Crippen molar-refractivity contribution in [3.05, 3.63) is 57.8 Å². The number of ether oxygens (including phenoxy) is 1. The van der Waals surface area contributed by atoms with Gasteiger partial charge in [-0.15, -0.1) is 0 Å². The summed E-state index contributed by atoms with van der Waals surface area (Å²) < 4.78 is 6.97. The quantitative estimate of drug-likeness (QED) is 0.562. The Labute approximate surface area is 206 Å². The summed E-state index contributed by atoms with van der Waals surface area (Å²) in [6.45, 7) is 11.7. The van der Waals surface area contributed by atoms with Gasteiger partial charge in [0.1, 0.15) is 6.04 Å². The molecule has 1 amide bonds. The van der Waals surface area contributed by atoms with Crippen molar-refractivity contribution in [3.63, 3.8) is 0 Å². The van der Waals surface area contributed by atoms with Crippen LogP contribution in [0.2, 0.25) is 0 Å². The Morgan fingerprint density at radius 3 is 2.66 bits per heavy atom. The number of aromatic nitrogens is 2. The fourth-order valence-electron chi connectivity index (χ4n) is 4.44. The highest BCUT2D eigenvalue weighted by atomic mass is 16.5. The smallest absolute Gasteiger partial charge is 0.305 e. The van der Waals surface area contributed by atoms with Gasteiger partial charge in [-0.25, -0.2) is 0 Å². The van der Waals surface area contributed by atoms with Crippen LogP contribution in [-0.4, -0.2) is 52.3 Å². The molecule has 1 saturated heterocycles. The molecule has 0 bridgehead atoms. The van der Waals surface area contributed by atoms with E-state index in [2.05, 4.69) is 22.1 Å². The van der Waals surface area contributed by atoms with Crippen LogP contribution in [-0.2, 0) is 14.3 Å². The molecule has 35 heavy (non-hydrogen) atoms. The van der Waals surface area contributed by atoms with Crippen molar-refractivity contribution in [2.24, 2.45) is 5.92 Å². The van der Waals surface area contributed by atoms with Crippen LogP contribution in [0.15, 0.2) is 35.4 Å². The molecule has 3 heterocycles. The van der Waals surface area contributed by atoms with E-state index < -0.39 is 24.0 Å². The molecule has 1 fully saturated rings. The number of aryl methyl sites for hydroxylation is 2. The van der Waals surface area contributed by atoms with E-state index in [-0.39, 0.29) is 23.9 Å². The Morgan fingerprint density at radius 1 is 1.29 bits per heavy atom. The van der Waals surface area contributed by atoms with E-state index in [9.17, 15) is 19.5 Å². The number of amides is 1. The Hall–Kier alpha value is -3.20. The summed E-state index contributed by atoms with van der Waals surface area (Å²) in [5.74, 6) is -1.28. The van der Waals surface area contributed by atoms with Gasteiger partial charge in [0.05, 0.1) is 37.1 Å². The first kappa shape index (κ1) is 26.4. The van der Waals surface area contributed by atoms with Crippen molar-refractivity contribution in [2.45, 2.75) is 65.6 Å². The van der Waals surface area contributed by atoms with E-state index in [0.29, 0.717) is 31.7 Å². The number of morpholine rings is 1. The minimum Gasteiger partial charge on any atom is -0.481 e. The van der Waals surface area contributed by atoms with Crippen molar-refractivity contribution < 1.29 is 19.4 Å². The molecule has 0 spiro atoms. The molecule has 1 aliphatic heterocycles. The summed E-state index contributed by atoms with van der Waals surface area (Å²) in [6.07, 6.45) is 3.39. The highest BCUT2D eigenvalue weighted by Crippen LogP contribution is 2.28. The zero-order valence-electron chi connectivity index (χ0n) is 21.2. The molecule has 0 unspecified atom stereocenters. The summed E-state index contributed by atoms with van der Waals surface area (Å²) in [4.78, 5) is 44.6. The van der Waals surface area contributed by atoms with Crippen LogP contribution in [0.3, 0.4) is 0 Å². The molecule has 0 saturated carbocycles. The van der Waals surface area contributed by atoms with Gasteiger partial charge in [0.2, 0.25) is 5.91 Å². The topological polar surface area (TPSA) is 114 Å². The van der Waals surface area contributed by atoms with Crippen LogP contribution in [0.25, 0.3) is 0 Å². The van der Waals surface area contributed by atoms with Crippen LogP contribution in [0.5, 0.6) is 0 Å². The molecule has 3 rings (SSSR count). The Kier molecular flexibility index (Phi) is 8.67. The number of rotatable bonds is 9. The number of hydrogen-bond acceptors (Lipinski definition) is 6. The average Bonchev–Trinajstić information content (AvgIpc) is 2.78. The number of carboxylic acid groups (broad SMARTS) is 1. The fraction of sp³-hybridized carbons (Fsp3) is 0.538. The van der Waals surface area contributed by atoms with Crippen molar-refractivity contribution in [3.8, 4) is 0 Å². The van der Waals surface area contributed by atoms with E-state index in [1.165, 1.54) is 10.6 Å². The molecule has 9 nitrogen and oxygen atoms in total. The van der Waals surface area contributed by atoms with Gasteiger partial charge in [0.25, 0.3) is 5.56 Å². The molecule has 2 N–H and O–H groups in total. The average molecular weight is 485 g/mol. The Bertz CT molecular complexity index is 1110. The molecule has 0 aromatic carbocycles. The number of carboxylic acids is 1. The molecule has 9 heteroatoms. The minimum absolute atomic E-state index is 0.146. The van der Waals surface area contributed by atoms with E-state index in [1.807, 2.05) is 33.8 Å². The lowest BCUT2D eigenvalue weighted by Crippen LogP contribution is -2.44. The van der Waals surface area contributed by atoms with E-state index in [0.717, 1.165) is 16.9 Å². The molecule has 2 aromatic rings. The maximum absolute atomic E-state index is 13.5. The zero-order valence-corrected chi connectivity index (χ0v) is 21.2. The van der Waals surface area contributed by atoms with Gasteiger partial charge in [-0.05, 0) is 56.4 Å². The Morgan fingerprint density at radius 2 is 2.03 bits per heavy atom. The third-order valence-corrected chi connectivity index (χ3v) is 6.29. The second kappa shape index (κ2) is 11.5. The van der Waals surface area contributed by atoms with E-state index in [4.69, 9.17) is 4.74 Å². The largest absolute Gasteiger partial charge is 0.481 e. The maximum Gasteiger partial charge on any atom is 0.305 e. The maximum atomic E-state index is 13.5. The fourth-order valence-corrected chi connectivity index (χ4v) is 4.44. The number of nitrogens with one attached hydrogen (secondary N) is 1. The molecule has 0 radical (unpaired) electrons. The normalized spacial score (nSPS) is 17.8. The van der Waals surface area contributed by atoms with E-state index >= 15 is 0 Å². The summed E-state index contributed by atoms with van der Waals surface area (Å²) >= 11 is 0. The van der Waals surface area contributed by atoms with E-state index in [1.54, 1.807) is 18.5 Å². The van der Waals surface area contributed by atoms with Crippen molar-refractivity contribution in [2.75, 3.05) is 24.7 Å². The third kappa shape index (κ3) is 6.69. The number of carbonyl (C=O) groups excluding carboxylic acids is 1. The number of carbonyl (C=O) groups is 2. The van der Waals surface area contributed by atoms with Gasteiger partial charge in [0.15, 0.2) is 0 Å². The summed E-state index contributed by atoms with van der Waals surface area (Å²) in [6, 6.07) is 3.80. The number of anilines is 1. The lowest BCUT2D eigenvalue weighted by atomic mass is 10.00.